The lowest BCUT2D eigenvalue weighted by atomic mass is 9.61. The zero-order valence-electron chi connectivity index (χ0n) is 13.5. The largest absolute Gasteiger partial charge is 0.463 e. The van der Waals surface area contributed by atoms with Crippen molar-refractivity contribution in [1.29, 1.82) is 0 Å². The Kier molecular flexibility index (Phi) is 3.03. The highest BCUT2D eigenvalue weighted by molar-refractivity contribution is 5.69. The molecule has 3 saturated carbocycles. The Morgan fingerprint density at radius 1 is 1.24 bits per heavy atom. The highest BCUT2D eigenvalue weighted by Crippen LogP contribution is 2.71. The molecule has 0 spiro atoms. The molecule has 0 aromatic heterocycles. The molecule has 0 heterocycles. The van der Waals surface area contributed by atoms with Crippen molar-refractivity contribution >= 4 is 5.97 Å². The average molecular weight is 288 g/mol. The second-order valence-corrected chi connectivity index (χ2v) is 8.60. The van der Waals surface area contributed by atoms with Crippen molar-refractivity contribution in [2.24, 2.45) is 40.9 Å². The monoisotopic (exact) mass is 288 g/mol. The van der Waals surface area contributed by atoms with Gasteiger partial charge in [0.1, 0.15) is 0 Å². The lowest BCUT2D eigenvalue weighted by molar-refractivity contribution is -0.148. The predicted octanol–water partition coefficient (Wildman–Crippen LogP) is 4.20. The van der Waals surface area contributed by atoms with Gasteiger partial charge in [0.25, 0.3) is 0 Å². The van der Waals surface area contributed by atoms with Crippen LogP contribution in [0, 0.1) is 40.9 Å². The van der Waals surface area contributed by atoms with E-state index in [0.29, 0.717) is 11.8 Å². The molecule has 7 atom stereocenters. The zero-order valence-corrected chi connectivity index (χ0v) is 13.5. The van der Waals surface area contributed by atoms with E-state index >= 15 is 0 Å². The fourth-order valence-electron chi connectivity index (χ4n) is 6.49. The third kappa shape index (κ3) is 2.01. The first-order valence-electron chi connectivity index (χ1n) is 8.86. The fourth-order valence-corrected chi connectivity index (χ4v) is 6.49. The number of hydrogen-bond donors (Lipinski definition) is 0. The van der Waals surface area contributed by atoms with Gasteiger partial charge in [-0.05, 0) is 80.5 Å². The predicted molar refractivity (Wildman–Crippen MR) is 82.5 cm³/mol. The summed E-state index contributed by atoms with van der Waals surface area (Å²) < 4.78 is 5.32. The first-order valence-corrected chi connectivity index (χ1v) is 8.86. The van der Waals surface area contributed by atoms with Gasteiger partial charge >= 0.3 is 5.97 Å². The first kappa shape index (κ1) is 13.8. The molecule has 0 aliphatic heterocycles. The maximum Gasteiger partial charge on any atom is 0.306 e. The molecule has 4 aliphatic rings. The maximum atomic E-state index is 11.9. The second kappa shape index (κ2) is 4.60. The minimum absolute atomic E-state index is 0.00149. The SMILES string of the molecule is CC(C)OC(=O)CCC1(C)CC2CC1C1C3C=CC(C3)C21. The van der Waals surface area contributed by atoms with Crippen molar-refractivity contribution in [3.05, 3.63) is 12.2 Å². The van der Waals surface area contributed by atoms with E-state index in [4.69, 9.17) is 4.74 Å². The van der Waals surface area contributed by atoms with Crippen LogP contribution in [-0.4, -0.2) is 12.1 Å². The summed E-state index contributed by atoms with van der Waals surface area (Å²) in [5.41, 5.74) is 0.389. The van der Waals surface area contributed by atoms with Gasteiger partial charge in [-0.15, -0.1) is 0 Å². The van der Waals surface area contributed by atoms with Crippen LogP contribution in [0.3, 0.4) is 0 Å². The van der Waals surface area contributed by atoms with Gasteiger partial charge in [-0.2, -0.15) is 0 Å². The van der Waals surface area contributed by atoms with E-state index in [1.54, 1.807) is 0 Å². The molecule has 21 heavy (non-hydrogen) atoms. The summed E-state index contributed by atoms with van der Waals surface area (Å²) in [5, 5.41) is 0. The van der Waals surface area contributed by atoms with Crippen LogP contribution in [0.1, 0.15) is 52.9 Å². The van der Waals surface area contributed by atoms with E-state index in [2.05, 4.69) is 19.1 Å². The van der Waals surface area contributed by atoms with Crippen LogP contribution in [0.5, 0.6) is 0 Å². The summed E-state index contributed by atoms with van der Waals surface area (Å²) in [4.78, 5) is 11.9. The molecule has 4 bridgehead atoms. The van der Waals surface area contributed by atoms with E-state index in [1.807, 2.05) is 13.8 Å². The van der Waals surface area contributed by atoms with Crippen LogP contribution in [0.2, 0.25) is 0 Å². The van der Waals surface area contributed by atoms with Crippen molar-refractivity contribution in [2.75, 3.05) is 0 Å². The van der Waals surface area contributed by atoms with E-state index < -0.39 is 0 Å². The summed E-state index contributed by atoms with van der Waals surface area (Å²) in [6.07, 6.45) is 10.9. The molecule has 7 unspecified atom stereocenters. The van der Waals surface area contributed by atoms with Gasteiger partial charge in [0.05, 0.1) is 6.10 Å². The third-order valence-corrected chi connectivity index (χ3v) is 7.04. The molecule has 0 aromatic rings. The molecule has 0 aromatic carbocycles. The Balaban J connectivity index is 1.43. The Bertz CT molecular complexity index is 480. The van der Waals surface area contributed by atoms with Crippen LogP contribution in [0.25, 0.3) is 0 Å². The Morgan fingerprint density at radius 2 is 1.95 bits per heavy atom. The van der Waals surface area contributed by atoms with Crippen LogP contribution in [0.15, 0.2) is 12.2 Å². The molecule has 116 valence electrons. The minimum atomic E-state index is -0.00149. The van der Waals surface area contributed by atoms with Gasteiger partial charge in [0.15, 0.2) is 0 Å². The average Bonchev–Trinajstić information content (AvgIpc) is 3.12. The maximum absolute atomic E-state index is 11.9. The molecule has 4 rings (SSSR count). The number of allylic oxidation sites excluding steroid dienone is 2. The van der Waals surface area contributed by atoms with Gasteiger partial charge in [0.2, 0.25) is 0 Å². The molecular formula is C19H28O2. The van der Waals surface area contributed by atoms with Crippen molar-refractivity contribution in [3.8, 4) is 0 Å². The Morgan fingerprint density at radius 3 is 2.67 bits per heavy atom. The van der Waals surface area contributed by atoms with Gasteiger partial charge < -0.3 is 4.74 Å². The summed E-state index contributed by atoms with van der Waals surface area (Å²) in [5.74, 6) is 5.47. The number of rotatable bonds is 4. The highest BCUT2D eigenvalue weighted by atomic mass is 16.5. The summed E-state index contributed by atoms with van der Waals surface area (Å²) in [7, 11) is 0. The fraction of sp³-hybridized carbons (Fsp3) is 0.842. The van der Waals surface area contributed by atoms with Crippen LogP contribution in [-0.2, 0) is 9.53 Å². The quantitative estimate of drug-likeness (QED) is 0.440. The van der Waals surface area contributed by atoms with Crippen molar-refractivity contribution in [2.45, 2.75) is 59.0 Å². The number of esters is 1. The lowest BCUT2D eigenvalue weighted by Crippen LogP contribution is -2.37. The third-order valence-electron chi connectivity index (χ3n) is 7.04. The van der Waals surface area contributed by atoms with Gasteiger partial charge in [0, 0.05) is 6.42 Å². The molecule has 0 saturated heterocycles. The zero-order chi connectivity index (χ0) is 14.8. The van der Waals surface area contributed by atoms with Crippen molar-refractivity contribution < 1.29 is 9.53 Å². The number of ether oxygens (including phenoxy) is 1. The molecule has 2 nitrogen and oxygen atoms in total. The van der Waals surface area contributed by atoms with Crippen molar-refractivity contribution in [1.82, 2.24) is 0 Å². The number of carbonyl (C=O) groups excluding carboxylic acids is 1. The van der Waals surface area contributed by atoms with Gasteiger partial charge in [-0.25, -0.2) is 0 Å². The molecular weight excluding hydrogens is 260 g/mol. The normalized spacial score (nSPS) is 49.1. The molecule has 4 aliphatic carbocycles. The number of carbonyl (C=O) groups is 1. The smallest absolute Gasteiger partial charge is 0.306 e. The van der Waals surface area contributed by atoms with Crippen LogP contribution >= 0.6 is 0 Å². The first-order chi connectivity index (χ1) is 9.98. The van der Waals surface area contributed by atoms with Crippen molar-refractivity contribution in [3.63, 3.8) is 0 Å². The topological polar surface area (TPSA) is 26.3 Å². The summed E-state index contributed by atoms with van der Waals surface area (Å²) >= 11 is 0. The molecule has 0 amide bonds. The Labute approximate surface area is 128 Å². The number of fused-ring (bicyclic) bond motifs is 9. The second-order valence-electron chi connectivity index (χ2n) is 8.60. The molecule has 3 fully saturated rings. The lowest BCUT2D eigenvalue weighted by Gasteiger charge is -2.43. The molecule has 0 radical (unpaired) electrons. The minimum Gasteiger partial charge on any atom is -0.463 e. The number of hydrogen-bond acceptors (Lipinski definition) is 2. The summed E-state index contributed by atoms with van der Waals surface area (Å²) in [6, 6.07) is 0. The summed E-state index contributed by atoms with van der Waals surface area (Å²) in [6.45, 7) is 6.32. The standard InChI is InChI=1S/C19H28O2/c1-11(2)21-16(20)6-7-19(3)10-14-9-15(19)18-13-5-4-12(8-13)17(14)18/h4-5,11-15,17-18H,6-10H2,1-3H3. The van der Waals surface area contributed by atoms with E-state index in [9.17, 15) is 4.79 Å². The van der Waals surface area contributed by atoms with E-state index in [1.165, 1.54) is 19.3 Å². The van der Waals surface area contributed by atoms with Crippen LogP contribution in [0.4, 0.5) is 0 Å². The van der Waals surface area contributed by atoms with E-state index in [0.717, 1.165) is 41.9 Å². The molecule has 2 heteroatoms. The van der Waals surface area contributed by atoms with Gasteiger partial charge in [-0.1, -0.05) is 19.1 Å². The Hall–Kier alpha value is -0.790. The highest BCUT2D eigenvalue weighted by Gasteiger charge is 2.64. The van der Waals surface area contributed by atoms with E-state index in [-0.39, 0.29) is 12.1 Å². The van der Waals surface area contributed by atoms with Crippen LogP contribution < -0.4 is 0 Å². The molecule has 0 N–H and O–H groups in total. The van der Waals surface area contributed by atoms with Gasteiger partial charge in [-0.3, -0.25) is 4.79 Å².